The standard InChI is InChI=1S/C16H14INO/c1-18(2)14-6-3-11(4-7-14)16-10-12-9-13(17)5-8-15(12)19-16/h3-10H,1-2H3. The summed E-state index contributed by atoms with van der Waals surface area (Å²) in [5.74, 6) is 0.919. The van der Waals surface area contributed by atoms with Crippen LogP contribution in [0, 0.1) is 3.57 Å². The van der Waals surface area contributed by atoms with E-state index in [1.54, 1.807) is 0 Å². The quantitative estimate of drug-likeness (QED) is 0.610. The van der Waals surface area contributed by atoms with Gasteiger partial charge in [-0.15, -0.1) is 0 Å². The monoisotopic (exact) mass is 363 g/mol. The molecule has 1 heterocycles. The first-order chi connectivity index (χ1) is 9.13. The molecule has 2 aromatic carbocycles. The van der Waals surface area contributed by atoms with Crippen LogP contribution >= 0.6 is 22.6 Å². The molecule has 19 heavy (non-hydrogen) atoms. The van der Waals surface area contributed by atoms with Gasteiger partial charge in [-0.05, 0) is 71.1 Å². The summed E-state index contributed by atoms with van der Waals surface area (Å²) in [4.78, 5) is 2.09. The molecular formula is C16H14INO. The molecular weight excluding hydrogens is 349 g/mol. The predicted molar refractivity (Wildman–Crippen MR) is 88.7 cm³/mol. The summed E-state index contributed by atoms with van der Waals surface area (Å²) in [6.07, 6.45) is 0. The van der Waals surface area contributed by atoms with Crippen LogP contribution in [-0.2, 0) is 0 Å². The average Bonchev–Trinajstić information content (AvgIpc) is 2.81. The van der Waals surface area contributed by atoms with Crippen LogP contribution in [0.1, 0.15) is 0 Å². The van der Waals surface area contributed by atoms with Crippen LogP contribution in [-0.4, -0.2) is 14.1 Å². The Hall–Kier alpha value is -1.49. The number of anilines is 1. The Morgan fingerprint density at radius 3 is 2.37 bits per heavy atom. The first-order valence-corrected chi connectivity index (χ1v) is 7.18. The van der Waals surface area contributed by atoms with E-state index in [1.807, 2.05) is 20.2 Å². The number of rotatable bonds is 2. The van der Waals surface area contributed by atoms with Gasteiger partial charge < -0.3 is 9.32 Å². The zero-order valence-electron chi connectivity index (χ0n) is 10.9. The second kappa shape index (κ2) is 4.89. The molecule has 0 fully saturated rings. The predicted octanol–water partition coefficient (Wildman–Crippen LogP) is 4.77. The van der Waals surface area contributed by atoms with E-state index in [-0.39, 0.29) is 0 Å². The fourth-order valence-electron chi connectivity index (χ4n) is 2.08. The van der Waals surface area contributed by atoms with Crippen LogP contribution in [0.5, 0.6) is 0 Å². The molecule has 0 aliphatic rings. The smallest absolute Gasteiger partial charge is 0.135 e. The Labute approximate surface area is 126 Å². The fraction of sp³-hybridized carbons (Fsp3) is 0.125. The largest absolute Gasteiger partial charge is 0.456 e. The summed E-state index contributed by atoms with van der Waals surface area (Å²) in [5, 5.41) is 1.15. The molecule has 0 saturated carbocycles. The Kier molecular flexibility index (Phi) is 3.22. The number of halogens is 1. The van der Waals surface area contributed by atoms with Crippen molar-refractivity contribution >= 4 is 39.2 Å². The van der Waals surface area contributed by atoms with Crippen molar-refractivity contribution in [3.8, 4) is 11.3 Å². The number of benzene rings is 2. The number of furan rings is 1. The average molecular weight is 363 g/mol. The summed E-state index contributed by atoms with van der Waals surface area (Å²) in [7, 11) is 4.08. The van der Waals surface area contributed by atoms with Gasteiger partial charge in [0.2, 0.25) is 0 Å². The van der Waals surface area contributed by atoms with Gasteiger partial charge in [-0.2, -0.15) is 0 Å². The van der Waals surface area contributed by atoms with Gasteiger partial charge in [-0.3, -0.25) is 0 Å². The van der Waals surface area contributed by atoms with E-state index in [1.165, 1.54) is 9.26 Å². The molecule has 0 atom stereocenters. The van der Waals surface area contributed by atoms with Crippen molar-refractivity contribution < 1.29 is 4.42 Å². The molecule has 0 bridgehead atoms. The van der Waals surface area contributed by atoms with E-state index in [0.717, 1.165) is 22.3 Å². The molecule has 3 heteroatoms. The van der Waals surface area contributed by atoms with E-state index in [4.69, 9.17) is 4.42 Å². The maximum absolute atomic E-state index is 5.89. The van der Waals surface area contributed by atoms with Gasteiger partial charge in [-0.1, -0.05) is 0 Å². The minimum atomic E-state index is 0.919. The van der Waals surface area contributed by atoms with Crippen LogP contribution < -0.4 is 4.90 Å². The summed E-state index contributed by atoms with van der Waals surface area (Å²) in [5.41, 5.74) is 3.23. The van der Waals surface area contributed by atoms with Crippen molar-refractivity contribution in [2.75, 3.05) is 19.0 Å². The SMILES string of the molecule is CN(C)c1ccc(-c2cc3cc(I)ccc3o2)cc1. The van der Waals surface area contributed by atoms with E-state index in [2.05, 4.69) is 70.0 Å². The lowest BCUT2D eigenvalue weighted by molar-refractivity contribution is 0.631. The van der Waals surface area contributed by atoms with Crippen molar-refractivity contribution in [3.05, 3.63) is 52.1 Å². The lowest BCUT2D eigenvalue weighted by Crippen LogP contribution is -2.07. The number of fused-ring (bicyclic) bond motifs is 1. The molecule has 0 N–H and O–H groups in total. The minimum Gasteiger partial charge on any atom is -0.456 e. The van der Waals surface area contributed by atoms with E-state index < -0.39 is 0 Å². The molecule has 2 nitrogen and oxygen atoms in total. The van der Waals surface area contributed by atoms with Crippen molar-refractivity contribution in [3.63, 3.8) is 0 Å². The maximum Gasteiger partial charge on any atom is 0.135 e. The van der Waals surface area contributed by atoms with Crippen molar-refractivity contribution in [2.45, 2.75) is 0 Å². The molecule has 0 radical (unpaired) electrons. The van der Waals surface area contributed by atoms with Crippen LogP contribution in [0.4, 0.5) is 5.69 Å². The summed E-state index contributed by atoms with van der Waals surface area (Å²) in [6.45, 7) is 0. The van der Waals surface area contributed by atoms with Crippen LogP contribution in [0.15, 0.2) is 52.9 Å². The third-order valence-electron chi connectivity index (χ3n) is 3.15. The van der Waals surface area contributed by atoms with Crippen LogP contribution in [0.2, 0.25) is 0 Å². The highest BCUT2D eigenvalue weighted by molar-refractivity contribution is 14.1. The topological polar surface area (TPSA) is 16.4 Å². The lowest BCUT2D eigenvalue weighted by atomic mass is 10.1. The van der Waals surface area contributed by atoms with E-state index in [9.17, 15) is 0 Å². The lowest BCUT2D eigenvalue weighted by Gasteiger charge is -2.11. The highest BCUT2D eigenvalue weighted by Gasteiger charge is 2.06. The molecule has 0 amide bonds. The summed E-state index contributed by atoms with van der Waals surface area (Å²) in [6, 6.07) is 16.7. The normalized spacial score (nSPS) is 10.9. The number of nitrogens with zero attached hydrogens (tertiary/aromatic N) is 1. The molecule has 0 aliphatic heterocycles. The Balaban J connectivity index is 2.03. The van der Waals surface area contributed by atoms with Gasteiger partial charge in [0.15, 0.2) is 0 Å². The van der Waals surface area contributed by atoms with E-state index in [0.29, 0.717) is 0 Å². The zero-order valence-corrected chi connectivity index (χ0v) is 13.0. The Morgan fingerprint density at radius 2 is 1.68 bits per heavy atom. The van der Waals surface area contributed by atoms with Crippen LogP contribution in [0.3, 0.4) is 0 Å². The third-order valence-corrected chi connectivity index (χ3v) is 3.82. The van der Waals surface area contributed by atoms with Crippen molar-refractivity contribution in [1.29, 1.82) is 0 Å². The highest BCUT2D eigenvalue weighted by Crippen LogP contribution is 2.29. The molecule has 0 aliphatic carbocycles. The molecule has 96 valence electrons. The molecule has 0 spiro atoms. The third kappa shape index (κ3) is 2.47. The first-order valence-electron chi connectivity index (χ1n) is 6.10. The zero-order chi connectivity index (χ0) is 13.4. The molecule has 3 rings (SSSR count). The summed E-state index contributed by atoms with van der Waals surface area (Å²) >= 11 is 2.32. The highest BCUT2D eigenvalue weighted by atomic mass is 127. The molecule has 0 saturated heterocycles. The Morgan fingerprint density at radius 1 is 0.947 bits per heavy atom. The van der Waals surface area contributed by atoms with Gasteiger partial charge in [0, 0.05) is 34.3 Å². The maximum atomic E-state index is 5.89. The fourth-order valence-corrected chi connectivity index (χ4v) is 2.60. The van der Waals surface area contributed by atoms with Gasteiger partial charge in [-0.25, -0.2) is 0 Å². The Bertz CT molecular complexity index is 713. The second-order valence-electron chi connectivity index (χ2n) is 4.73. The van der Waals surface area contributed by atoms with Crippen LogP contribution in [0.25, 0.3) is 22.3 Å². The van der Waals surface area contributed by atoms with E-state index >= 15 is 0 Å². The molecule has 3 aromatic rings. The first kappa shape index (κ1) is 12.5. The number of hydrogen-bond donors (Lipinski definition) is 0. The minimum absolute atomic E-state index is 0.919. The van der Waals surface area contributed by atoms with Crippen molar-refractivity contribution in [2.24, 2.45) is 0 Å². The van der Waals surface area contributed by atoms with Gasteiger partial charge in [0.05, 0.1) is 0 Å². The van der Waals surface area contributed by atoms with Crippen molar-refractivity contribution in [1.82, 2.24) is 0 Å². The summed E-state index contributed by atoms with van der Waals surface area (Å²) < 4.78 is 7.12. The van der Waals surface area contributed by atoms with Gasteiger partial charge in [0.1, 0.15) is 11.3 Å². The number of hydrogen-bond acceptors (Lipinski definition) is 2. The van der Waals surface area contributed by atoms with Gasteiger partial charge >= 0.3 is 0 Å². The molecule has 0 unspecified atom stereocenters. The second-order valence-corrected chi connectivity index (χ2v) is 5.98. The van der Waals surface area contributed by atoms with Gasteiger partial charge in [0.25, 0.3) is 0 Å². The molecule has 1 aromatic heterocycles.